The minimum atomic E-state index is 0.701. The number of rotatable bonds is 7. The normalized spacial score (nSPS) is 24.6. The molecule has 1 heterocycles. The summed E-state index contributed by atoms with van der Waals surface area (Å²) in [6.07, 6.45) is 8.08. The highest BCUT2D eigenvalue weighted by molar-refractivity contribution is 4.80. The van der Waals surface area contributed by atoms with Gasteiger partial charge in [0.25, 0.3) is 0 Å². The van der Waals surface area contributed by atoms with Crippen molar-refractivity contribution in [3.8, 4) is 0 Å². The van der Waals surface area contributed by atoms with Crippen molar-refractivity contribution >= 4 is 0 Å². The molecule has 1 N–H and O–H groups in total. The highest BCUT2D eigenvalue weighted by Gasteiger charge is 2.22. The van der Waals surface area contributed by atoms with Crippen LogP contribution >= 0.6 is 0 Å². The second-order valence-corrected chi connectivity index (χ2v) is 5.11. The summed E-state index contributed by atoms with van der Waals surface area (Å²) < 4.78 is 0. The predicted octanol–water partition coefficient (Wildman–Crippen LogP) is 3.03. The van der Waals surface area contributed by atoms with Crippen LogP contribution in [-0.2, 0) is 0 Å². The zero-order valence-electron chi connectivity index (χ0n) is 11.5. The summed E-state index contributed by atoms with van der Waals surface area (Å²) in [5, 5.41) is 3.67. The van der Waals surface area contributed by atoms with Crippen LogP contribution in [0, 0.1) is 0 Å². The van der Waals surface area contributed by atoms with Crippen LogP contribution in [0.2, 0.25) is 0 Å². The Kier molecular flexibility index (Phi) is 7.06. The Morgan fingerprint density at radius 1 is 1.25 bits per heavy atom. The van der Waals surface area contributed by atoms with Gasteiger partial charge in [-0.05, 0) is 45.2 Å². The number of hydrogen-bond acceptors (Lipinski definition) is 2. The van der Waals surface area contributed by atoms with Gasteiger partial charge in [-0.25, -0.2) is 0 Å². The van der Waals surface area contributed by atoms with Crippen LogP contribution in [0.1, 0.15) is 59.3 Å². The standard InChI is InChI=1S/C14H30N2/c1-4-10-15-13(5-2)12-16-11-8-7-9-14(16)6-3/h13-15H,4-12H2,1-3H3. The number of likely N-dealkylation sites (tertiary alicyclic amines) is 1. The van der Waals surface area contributed by atoms with E-state index < -0.39 is 0 Å². The first-order chi connectivity index (χ1) is 7.81. The first-order valence-electron chi connectivity index (χ1n) is 7.29. The highest BCUT2D eigenvalue weighted by Crippen LogP contribution is 2.19. The van der Waals surface area contributed by atoms with E-state index in [1.807, 2.05) is 0 Å². The average Bonchev–Trinajstić information content (AvgIpc) is 2.34. The predicted molar refractivity (Wildman–Crippen MR) is 71.9 cm³/mol. The van der Waals surface area contributed by atoms with E-state index in [0.29, 0.717) is 6.04 Å². The maximum Gasteiger partial charge on any atom is 0.0192 e. The molecule has 2 atom stereocenters. The van der Waals surface area contributed by atoms with Crippen LogP contribution < -0.4 is 5.32 Å². The smallest absolute Gasteiger partial charge is 0.0192 e. The van der Waals surface area contributed by atoms with Gasteiger partial charge in [-0.3, -0.25) is 4.90 Å². The Labute approximate surface area is 102 Å². The molecular formula is C14H30N2. The Bertz CT molecular complexity index is 170. The molecule has 2 nitrogen and oxygen atoms in total. The molecule has 0 amide bonds. The molecule has 1 saturated heterocycles. The Morgan fingerprint density at radius 2 is 2.06 bits per heavy atom. The molecule has 0 radical (unpaired) electrons. The van der Waals surface area contributed by atoms with Gasteiger partial charge in [0, 0.05) is 18.6 Å². The monoisotopic (exact) mass is 226 g/mol. The second kappa shape index (κ2) is 8.08. The summed E-state index contributed by atoms with van der Waals surface area (Å²) in [5.41, 5.74) is 0. The summed E-state index contributed by atoms with van der Waals surface area (Å²) in [6, 6.07) is 1.55. The van der Waals surface area contributed by atoms with Crippen molar-refractivity contribution in [3.05, 3.63) is 0 Å². The first-order valence-corrected chi connectivity index (χ1v) is 7.29. The molecule has 1 rings (SSSR count). The van der Waals surface area contributed by atoms with E-state index >= 15 is 0 Å². The van der Waals surface area contributed by atoms with E-state index in [2.05, 4.69) is 31.0 Å². The molecule has 0 aromatic carbocycles. The molecule has 0 aromatic heterocycles. The number of hydrogen-bond donors (Lipinski definition) is 1. The Morgan fingerprint density at radius 3 is 2.69 bits per heavy atom. The van der Waals surface area contributed by atoms with Crippen LogP contribution in [0.5, 0.6) is 0 Å². The van der Waals surface area contributed by atoms with Gasteiger partial charge < -0.3 is 5.32 Å². The fraction of sp³-hybridized carbons (Fsp3) is 1.00. The molecule has 16 heavy (non-hydrogen) atoms. The maximum atomic E-state index is 3.67. The van der Waals surface area contributed by atoms with Crippen molar-refractivity contribution < 1.29 is 0 Å². The summed E-state index contributed by atoms with van der Waals surface area (Å²) in [7, 11) is 0. The molecule has 2 unspecified atom stereocenters. The van der Waals surface area contributed by atoms with E-state index in [1.165, 1.54) is 58.2 Å². The lowest BCUT2D eigenvalue weighted by Gasteiger charge is -2.37. The minimum Gasteiger partial charge on any atom is -0.313 e. The average molecular weight is 226 g/mol. The van der Waals surface area contributed by atoms with E-state index in [1.54, 1.807) is 0 Å². The summed E-state index contributed by atoms with van der Waals surface area (Å²) >= 11 is 0. The minimum absolute atomic E-state index is 0.701. The van der Waals surface area contributed by atoms with Crippen molar-refractivity contribution in [2.45, 2.75) is 71.4 Å². The largest absolute Gasteiger partial charge is 0.313 e. The van der Waals surface area contributed by atoms with Crippen molar-refractivity contribution in [2.75, 3.05) is 19.6 Å². The van der Waals surface area contributed by atoms with Crippen molar-refractivity contribution in [2.24, 2.45) is 0 Å². The molecule has 1 aliphatic rings. The molecule has 0 aromatic rings. The van der Waals surface area contributed by atoms with Crippen LogP contribution in [0.15, 0.2) is 0 Å². The number of nitrogens with zero attached hydrogens (tertiary/aromatic N) is 1. The number of piperidine rings is 1. The SMILES string of the molecule is CCCNC(CC)CN1CCCCC1CC. The second-order valence-electron chi connectivity index (χ2n) is 5.11. The van der Waals surface area contributed by atoms with E-state index in [4.69, 9.17) is 0 Å². The summed E-state index contributed by atoms with van der Waals surface area (Å²) in [6.45, 7) is 10.6. The third-order valence-electron chi connectivity index (χ3n) is 3.85. The fourth-order valence-electron chi connectivity index (χ4n) is 2.73. The molecule has 96 valence electrons. The van der Waals surface area contributed by atoms with Gasteiger partial charge >= 0.3 is 0 Å². The summed E-state index contributed by atoms with van der Waals surface area (Å²) in [5.74, 6) is 0. The highest BCUT2D eigenvalue weighted by atomic mass is 15.2. The van der Waals surface area contributed by atoms with Gasteiger partial charge in [0.05, 0.1) is 0 Å². The number of nitrogens with one attached hydrogen (secondary N) is 1. The van der Waals surface area contributed by atoms with Crippen molar-refractivity contribution in [1.29, 1.82) is 0 Å². The molecule has 0 bridgehead atoms. The van der Waals surface area contributed by atoms with Gasteiger partial charge in [0.2, 0.25) is 0 Å². The maximum absolute atomic E-state index is 3.67. The van der Waals surface area contributed by atoms with Gasteiger partial charge in [-0.2, -0.15) is 0 Å². The van der Waals surface area contributed by atoms with Crippen molar-refractivity contribution in [3.63, 3.8) is 0 Å². The van der Waals surface area contributed by atoms with E-state index in [0.717, 1.165) is 6.04 Å². The zero-order valence-corrected chi connectivity index (χ0v) is 11.5. The molecule has 0 aliphatic carbocycles. The molecule has 1 fully saturated rings. The van der Waals surface area contributed by atoms with Crippen LogP contribution in [0.4, 0.5) is 0 Å². The van der Waals surface area contributed by atoms with E-state index in [-0.39, 0.29) is 0 Å². The lowest BCUT2D eigenvalue weighted by atomic mass is 9.99. The molecule has 1 aliphatic heterocycles. The Hall–Kier alpha value is -0.0800. The van der Waals surface area contributed by atoms with Crippen molar-refractivity contribution in [1.82, 2.24) is 10.2 Å². The van der Waals surface area contributed by atoms with Gasteiger partial charge in [-0.1, -0.05) is 27.2 Å². The molecule has 0 spiro atoms. The fourth-order valence-corrected chi connectivity index (χ4v) is 2.73. The lowest BCUT2D eigenvalue weighted by molar-refractivity contribution is 0.128. The van der Waals surface area contributed by atoms with Crippen LogP contribution in [0.3, 0.4) is 0 Å². The molecule has 2 heteroatoms. The van der Waals surface area contributed by atoms with Crippen LogP contribution in [-0.4, -0.2) is 36.6 Å². The van der Waals surface area contributed by atoms with E-state index in [9.17, 15) is 0 Å². The quantitative estimate of drug-likeness (QED) is 0.718. The zero-order chi connectivity index (χ0) is 11.8. The van der Waals surface area contributed by atoms with Crippen LogP contribution in [0.25, 0.3) is 0 Å². The van der Waals surface area contributed by atoms with Gasteiger partial charge in [0.1, 0.15) is 0 Å². The molecular weight excluding hydrogens is 196 g/mol. The summed E-state index contributed by atoms with van der Waals surface area (Å²) in [4.78, 5) is 2.72. The third kappa shape index (κ3) is 4.42. The van der Waals surface area contributed by atoms with Gasteiger partial charge in [0.15, 0.2) is 0 Å². The Balaban J connectivity index is 2.35. The topological polar surface area (TPSA) is 15.3 Å². The first kappa shape index (κ1) is 14.0. The molecule has 0 saturated carbocycles. The lowest BCUT2D eigenvalue weighted by Crippen LogP contribution is -2.47. The van der Waals surface area contributed by atoms with Gasteiger partial charge in [-0.15, -0.1) is 0 Å². The third-order valence-corrected chi connectivity index (χ3v) is 3.85.